The van der Waals surface area contributed by atoms with E-state index in [4.69, 9.17) is 0 Å². The molecule has 0 saturated heterocycles. The lowest BCUT2D eigenvalue weighted by Gasteiger charge is -2.40. The molecule has 0 amide bonds. The normalized spacial score (nSPS) is 19.3. The van der Waals surface area contributed by atoms with Gasteiger partial charge in [0.1, 0.15) is 5.56 Å². The molecule has 4 nitrogen and oxygen atoms in total. The number of aromatic amines is 1. The standard InChI is InChI=1S/C19H21NO3/c1-10(2)19(4)9-12-6-5-11(3)7-13(12)16-15(19)8-14(18(22)23)17(21)20-16/h5-8,10H,9H2,1-4H3,(H,20,21)(H,22,23)/t19-/m0/s1. The number of rotatable bonds is 2. The van der Waals surface area contributed by atoms with Crippen LogP contribution in [0.3, 0.4) is 0 Å². The fourth-order valence-corrected chi connectivity index (χ4v) is 3.44. The van der Waals surface area contributed by atoms with Crippen molar-refractivity contribution in [2.75, 3.05) is 0 Å². The first-order valence-electron chi connectivity index (χ1n) is 7.85. The Bertz CT molecular complexity index is 863. The number of nitrogens with one attached hydrogen (secondary N) is 1. The van der Waals surface area contributed by atoms with Gasteiger partial charge in [0.15, 0.2) is 0 Å². The number of fused-ring (bicyclic) bond motifs is 3. The SMILES string of the molecule is Cc1ccc2c(c1)-c1[nH]c(=O)c(C(=O)O)cc1[C@](C)(C(C)C)C2. The van der Waals surface area contributed by atoms with Gasteiger partial charge in [-0.25, -0.2) is 4.79 Å². The van der Waals surface area contributed by atoms with Crippen molar-refractivity contribution in [1.29, 1.82) is 0 Å². The van der Waals surface area contributed by atoms with Gasteiger partial charge in [0, 0.05) is 11.0 Å². The van der Waals surface area contributed by atoms with Crippen LogP contribution in [0.5, 0.6) is 0 Å². The molecule has 0 radical (unpaired) electrons. The Morgan fingerprint density at radius 1 is 1.30 bits per heavy atom. The lowest BCUT2D eigenvalue weighted by atomic mass is 9.64. The van der Waals surface area contributed by atoms with Crippen LogP contribution in [-0.2, 0) is 11.8 Å². The molecule has 0 bridgehead atoms. The topological polar surface area (TPSA) is 70.2 Å². The van der Waals surface area contributed by atoms with Crippen molar-refractivity contribution in [1.82, 2.24) is 4.98 Å². The van der Waals surface area contributed by atoms with Crippen molar-refractivity contribution in [2.45, 2.75) is 39.5 Å². The first kappa shape index (κ1) is 15.5. The number of aryl methyl sites for hydroxylation is 1. The summed E-state index contributed by atoms with van der Waals surface area (Å²) in [6, 6.07) is 7.82. The van der Waals surface area contributed by atoms with Crippen molar-refractivity contribution in [2.24, 2.45) is 5.92 Å². The molecule has 3 rings (SSSR count). The highest BCUT2D eigenvalue weighted by Crippen LogP contribution is 2.46. The van der Waals surface area contributed by atoms with Crippen LogP contribution >= 0.6 is 0 Å². The number of carbonyl (C=O) groups is 1. The molecule has 1 aliphatic carbocycles. The molecule has 1 atom stereocenters. The Labute approximate surface area is 135 Å². The molecule has 23 heavy (non-hydrogen) atoms. The zero-order valence-corrected chi connectivity index (χ0v) is 13.9. The minimum absolute atomic E-state index is 0.188. The average Bonchev–Trinajstić information content (AvgIpc) is 2.47. The van der Waals surface area contributed by atoms with Crippen LogP contribution in [0.2, 0.25) is 0 Å². The predicted octanol–water partition coefficient (Wildman–Crippen LogP) is 3.52. The molecule has 1 heterocycles. The summed E-state index contributed by atoms with van der Waals surface area (Å²) in [6.07, 6.45) is 0.832. The molecule has 0 aliphatic heterocycles. The Balaban J connectivity index is 2.39. The molecular weight excluding hydrogens is 290 g/mol. The van der Waals surface area contributed by atoms with Gasteiger partial charge < -0.3 is 10.1 Å². The molecule has 1 aliphatic rings. The second-order valence-electron chi connectivity index (χ2n) is 7.02. The number of hydrogen-bond donors (Lipinski definition) is 2. The van der Waals surface area contributed by atoms with Gasteiger partial charge in [0.2, 0.25) is 0 Å². The molecule has 0 saturated carbocycles. The minimum atomic E-state index is -1.19. The van der Waals surface area contributed by atoms with Crippen LogP contribution in [0.25, 0.3) is 11.3 Å². The van der Waals surface area contributed by atoms with E-state index in [1.165, 1.54) is 5.56 Å². The Hall–Kier alpha value is -2.36. The summed E-state index contributed by atoms with van der Waals surface area (Å²) in [5.74, 6) is -0.876. The van der Waals surface area contributed by atoms with Gasteiger partial charge in [-0.3, -0.25) is 4.79 Å². The average molecular weight is 311 g/mol. The smallest absolute Gasteiger partial charge is 0.341 e. The molecule has 2 aromatic rings. The molecule has 1 aromatic heterocycles. The van der Waals surface area contributed by atoms with E-state index in [0.29, 0.717) is 5.92 Å². The molecule has 0 spiro atoms. The third kappa shape index (κ3) is 2.29. The maximum absolute atomic E-state index is 12.2. The summed E-state index contributed by atoms with van der Waals surface area (Å²) in [5.41, 5.74) is 4.05. The van der Waals surface area contributed by atoms with E-state index in [2.05, 4.69) is 44.0 Å². The number of H-pyrrole nitrogens is 1. The molecule has 0 unspecified atom stereocenters. The molecule has 1 aromatic carbocycles. The molecule has 0 fully saturated rings. The lowest BCUT2D eigenvalue weighted by molar-refractivity contribution is 0.0694. The van der Waals surface area contributed by atoms with E-state index in [1.807, 2.05) is 6.92 Å². The number of aromatic nitrogens is 1. The highest BCUT2D eigenvalue weighted by Gasteiger charge is 2.38. The van der Waals surface area contributed by atoms with Gasteiger partial charge in [-0.05, 0) is 42.5 Å². The van der Waals surface area contributed by atoms with Gasteiger partial charge in [-0.1, -0.05) is 38.5 Å². The summed E-state index contributed by atoms with van der Waals surface area (Å²) >= 11 is 0. The lowest BCUT2D eigenvalue weighted by Crippen LogP contribution is -2.37. The predicted molar refractivity (Wildman–Crippen MR) is 90.1 cm³/mol. The Morgan fingerprint density at radius 3 is 2.61 bits per heavy atom. The van der Waals surface area contributed by atoms with Crippen molar-refractivity contribution in [3.63, 3.8) is 0 Å². The minimum Gasteiger partial charge on any atom is -0.477 e. The summed E-state index contributed by atoms with van der Waals surface area (Å²) < 4.78 is 0. The number of carboxylic acid groups (broad SMARTS) is 1. The summed E-state index contributed by atoms with van der Waals surface area (Å²) in [4.78, 5) is 26.4. The third-order valence-corrected chi connectivity index (χ3v) is 5.25. The Morgan fingerprint density at radius 2 is 2.00 bits per heavy atom. The monoisotopic (exact) mass is 311 g/mol. The molecule has 2 N–H and O–H groups in total. The van der Waals surface area contributed by atoms with E-state index in [0.717, 1.165) is 28.8 Å². The van der Waals surface area contributed by atoms with Crippen LogP contribution in [0.4, 0.5) is 0 Å². The van der Waals surface area contributed by atoms with Crippen LogP contribution in [-0.4, -0.2) is 16.1 Å². The second-order valence-corrected chi connectivity index (χ2v) is 7.02. The maximum atomic E-state index is 12.2. The van der Waals surface area contributed by atoms with Crippen molar-refractivity contribution < 1.29 is 9.90 Å². The Kier molecular flexibility index (Phi) is 3.43. The first-order chi connectivity index (χ1) is 10.7. The zero-order chi connectivity index (χ0) is 16.9. The summed E-state index contributed by atoms with van der Waals surface area (Å²) in [6.45, 7) is 8.42. The number of hydrogen-bond acceptors (Lipinski definition) is 2. The summed E-state index contributed by atoms with van der Waals surface area (Å²) in [7, 11) is 0. The highest BCUT2D eigenvalue weighted by molar-refractivity contribution is 5.88. The van der Waals surface area contributed by atoms with Crippen LogP contribution < -0.4 is 5.56 Å². The highest BCUT2D eigenvalue weighted by atomic mass is 16.4. The van der Waals surface area contributed by atoms with E-state index < -0.39 is 11.5 Å². The van der Waals surface area contributed by atoms with Crippen molar-refractivity contribution in [3.8, 4) is 11.3 Å². The second kappa shape index (κ2) is 5.08. The zero-order valence-electron chi connectivity index (χ0n) is 13.9. The quantitative estimate of drug-likeness (QED) is 0.891. The first-order valence-corrected chi connectivity index (χ1v) is 7.85. The fraction of sp³-hybridized carbons (Fsp3) is 0.368. The van der Waals surface area contributed by atoms with Gasteiger partial charge in [-0.2, -0.15) is 0 Å². The van der Waals surface area contributed by atoms with Gasteiger partial charge in [0.25, 0.3) is 5.56 Å². The van der Waals surface area contributed by atoms with Crippen LogP contribution in [0.1, 0.15) is 47.8 Å². The van der Waals surface area contributed by atoms with E-state index in [1.54, 1.807) is 6.07 Å². The van der Waals surface area contributed by atoms with E-state index >= 15 is 0 Å². The van der Waals surface area contributed by atoms with Crippen LogP contribution in [0, 0.1) is 12.8 Å². The third-order valence-electron chi connectivity index (χ3n) is 5.25. The molecule has 4 heteroatoms. The van der Waals surface area contributed by atoms with Gasteiger partial charge in [-0.15, -0.1) is 0 Å². The molecule has 120 valence electrons. The molecular formula is C19H21NO3. The van der Waals surface area contributed by atoms with E-state index in [9.17, 15) is 14.7 Å². The maximum Gasteiger partial charge on any atom is 0.341 e. The van der Waals surface area contributed by atoms with Gasteiger partial charge >= 0.3 is 5.97 Å². The number of aromatic carboxylic acids is 1. The van der Waals surface area contributed by atoms with E-state index in [-0.39, 0.29) is 11.0 Å². The van der Waals surface area contributed by atoms with Crippen LogP contribution in [0.15, 0.2) is 29.1 Å². The fourth-order valence-electron chi connectivity index (χ4n) is 3.44. The number of pyridine rings is 1. The van der Waals surface area contributed by atoms with Gasteiger partial charge in [0.05, 0.1) is 5.69 Å². The largest absolute Gasteiger partial charge is 0.477 e. The van der Waals surface area contributed by atoms with Crippen molar-refractivity contribution in [3.05, 3.63) is 56.9 Å². The number of carboxylic acids is 1. The summed E-state index contributed by atoms with van der Waals surface area (Å²) in [5, 5.41) is 9.30. The van der Waals surface area contributed by atoms with Crippen molar-refractivity contribution >= 4 is 5.97 Å². The number of benzene rings is 1.